The lowest BCUT2D eigenvalue weighted by Gasteiger charge is -2.30. The number of nitrogens with zero attached hydrogens (tertiary/aromatic N) is 1. The molecule has 0 bridgehead atoms. The Hall–Kier alpha value is -5.08. The van der Waals surface area contributed by atoms with Gasteiger partial charge >= 0.3 is 12.1 Å². The summed E-state index contributed by atoms with van der Waals surface area (Å²) in [5.41, 5.74) is -1.68. The summed E-state index contributed by atoms with van der Waals surface area (Å²) >= 11 is 0. The first kappa shape index (κ1) is 32.8. The van der Waals surface area contributed by atoms with Gasteiger partial charge in [-0.3, -0.25) is 14.4 Å². The molecule has 238 valence electrons. The summed E-state index contributed by atoms with van der Waals surface area (Å²) in [5.74, 6) is -5.66. The number of benzene rings is 3. The monoisotopic (exact) mass is 629 g/mol. The van der Waals surface area contributed by atoms with Crippen molar-refractivity contribution in [1.29, 1.82) is 0 Å². The molecule has 0 aliphatic carbocycles. The lowest BCUT2D eigenvalue weighted by Crippen LogP contribution is -2.58. The van der Waals surface area contributed by atoms with E-state index in [9.17, 15) is 29.4 Å². The molecule has 1 heterocycles. The zero-order valence-corrected chi connectivity index (χ0v) is 24.4. The van der Waals surface area contributed by atoms with Crippen LogP contribution in [0.1, 0.15) is 55.9 Å². The molecule has 1 saturated heterocycles. The minimum absolute atomic E-state index is 0.0361. The van der Waals surface area contributed by atoms with Crippen molar-refractivity contribution in [3.63, 3.8) is 0 Å². The van der Waals surface area contributed by atoms with E-state index in [1.165, 1.54) is 56.7 Å². The van der Waals surface area contributed by atoms with Gasteiger partial charge < -0.3 is 29.7 Å². The minimum Gasteiger partial charge on any atom is -0.508 e. The van der Waals surface area contributed by atoms with Crippen LogP contribution in [-0.2, 0) is 9.57 Å². The predicted molar refractivity (Wildman–Crippen MR) is 152 cm³/mol. The van der Waals surface area contributed by atoms with E-state index in [1.807, 2.05) is 0 Å². The third-order valence-corrected chi connectivity index (χ3v) is 7.18. The third kappa shape index (κ3) is 7.53. The number of rotatable bonds is 9. The molecule has 0 aromatic heterocycles. The largest absolute Gasteiger partial charge is 0.556 e. The van der Waals surface area contributed by atoms with Gasteiger partial charge in [0.15, 0.2) is 13.3 Å². The van der Waals surface area contributed by atoms with Crippen molar-refractivity contribution in [2.24, 2.45) is 0 Å². The number of ether oxygens (including phenoxy) is 3. The second kappa shape index (κ2) is 14.1. The Morgan fingerprint density at radius 3 is 2.27 bits per heavy atom. The Labute approximate surface area is 256 Å². The fourth-order valence-corrected chi connectivity index (χ4v) is 4.91. The number of phenols is 1. The molecule has 1 fully saturated rings. The number of amides is 2. The average Bonchev–Trinajstić information content (AvgIpc) is 3.22. The molecule has 3 aromatic carbocycles. The molecule has 0 radical (unpaired) electrons. The number of likely N-dealkylation sites (tertiary alicyclic amines) is 1. The maximum absolute atomic E-state index is 15.3. The van der Waals surface area contributed by atoms with Crippen LogP contribution >= 0.6 is 0 Å². The summed E-state index contributed by atoms with van der Waals surface area (Å²) < 4.78 is 44.7. The number of hydrogen-bond donors (Lipinski definition) is 3. The topological polar surface area (TPSA) is 158 Å². The normalized spacial score (nSPS) is 17.9. The highest BCUT2D eigenvalue weighted by Crippen LogP contribution is 2.30. The number of methoxy groups -OCH3 is 2. The number of carbonyl (C=O) groups is 4. The molecule has 2 amide bonds. The molecule has 14 heteroatoms. The first-order valence-electron chi connectivity index (χ1n) is 13.8. The number of aromatic hydroxyl groups is 1. The number of ketones is 1. The zero-order chi connectivity index (χ0) is 32.7. The summed E-state index contributed by atoms with van der Waals surface area (Å²) in [6, 6.07) is 9.90. The van der Waals surface area contributed by atoms with Gasteiger partial charge in [-0.05, 0) is 72.1 Å². The van der Waals surface area contributed by atoms with Gasteiger partial charge in [0, 0.05) is 19.1 Å². The SMILES string of the molecule is COCOc1ccc(OC)cc1C(=O)c1c(F)cc(C(=O)O[N+]2(C(=O)O)CCCCC(NC(=O)c3ccc(O)cc3)C2)cc1F. The Balaban J connectivity index is 1.58. The van der Waals surface area contributed by atoms with Crippen LogP contribution in [0.3, 0.4) is 0 Å². The first-order valence-corrected chi connectivity index (χ1v) is 13.8. The zero-order valence-electron chi connectivity index (χ0n) is 24.4. The molecule has 12 nitrogen and oxygen atoms in total. The van der Waals surface area contributed by atoms with Crippen molar-refractivity contribution >= 4 is 23.8 Å². The summed E-state index contributed by atoms with van der Waals surface area (Å²) in [4.78, 5) is 57.0. The molecule has 2 unspecified atom stereocenters. The van der Waals surface area contributed by atoms with E-state index < -0.39 is 57.2 Å². The molecule has 2 atom stereocenters. The van der Waals surface area contributed by atoms with E-state index in [1.54, 1.807) is 0 Å². The van der Waals surface area contributed by atoms with Gasteiger partial charge in [0.05, 0.1) is 29.8 Å². The van der Waals surface area contributed by atoms with Crippen LogP contribution in [-0.4, -0.2) is 78.8 Å². The average molecular weight is 630 g/mol. The second-order valence-electron chi connectivity index (χ2n) is 10.2. The number of halogens is 2. The summed E-state index contributed by atoms with van der Waals surface area (Å²) in [5, 5.41) is 22.3. The maximum atomic E-state index is 15.3. The van der Waals surface area contributed by atoms with Crippen LogP contribution in [0.4, 0.5) is 13.6 Å². The Bertz CT molecular complexity index is 1570. The van der Waals surface area contributed by atoms with Gasteiger partial charge in [0.25, 0.3) is 5.91 Å². The quantitative estimate of drug-likeness (QED) is 0.176. The van der Waals surface area contributed by atoms with Crippen molar-refractivity contribution in [1.82, 2.24) is 5.32 Å². The van der Waals surface area contributed by atoms with E-state index in [-0.39, 0.29) is 48.3 Å². The summed E-state index contributed by atoms with van der Waals surface area (Å²) in [7, 11) is 2.68. The van der Waals surface area contributed by atoms with E-state index in [0.717, 1.165) is 0 Å². The van der Waals surface area contributed by atoms with Crippen molar-refractivity contribution in [2.75, 3.05) is 34.1 Å². The molecule has 1 aliphatic heterocycles. The highest BCUT2D eigenvalue weighted by atomic mass is 19.1. The van der Waals surface area contributed by atoms with Crippen molar-refractivity contribution < 1.29 is 61.9 Å². The fraction of sp³-hybridized carbons (Fsp3) is 0.290. The van der Waals surface area contributed by atoms with E-state index in [0.29, 0.717) is 31.4 Å². The fourth-order valence-electron chi connectivity index (χ4n) is 4.91. The van der Waals surface area contributed by atoms with Gasteiger partial charge in [-0.15, -0.1) is 0 Å². The molecule has 3 N–H and O–H groups in total. The highest BCUT2D eigenvalue weighted by Gasteiger charge is 2.47. The van der Waals surface area contributed by atoms with Crippen molar-refractivity contribution in [3.05, 3.63) is 88.5 Å². The number of hydroxylamine groups is 3. The molecule has 0 saturated carbocycles. The number of nitrogens with one attached hydrogen (secondary N) is 1. The number of hydrogen-bond acceptors (Lipinski definition) is 9. The van der Waals surface area contributed by atoms with Crippen LogP contribution in [0, 0.1) is 11.6 Å². The van der Waals surface area contributed by atoms with E-state index in [4.69, 9.17) is 19.0 Å². The standard InChI is InChI=1S/C31H30F2N2O10/c1-42-17-44-26-11-10-22(43-2)15-23(26)28(37)27-24(32)13-19(14-25(27)33)30(39)45-35(31(40)41)12-4-3-5-20(16-35)34-29(38)18-6-8-21(36)9-7-18/h6-11,13-15,20H,3-5,12,16-17H2,1-2H3,(H2-,34,36,38,40,41)/p+1. The van der Waals surface area contributed by atoms with Gasteiger partial charge in [-0.2, -0.15) is 4.79 Å². The summed E-state index contributed by atoms with van der Waals surface area (Å²) in [6.45, 7) is -0.798. The smallest absolute Gasteiger partial charge is 0.508 e. The van der Waals surface area contributed by atoms with Crippen LogP contribution in [0.25, 0.3) is 0 Å². The molecule has 1 aliphatic rings. The van der Waals surface area contributed by atoms with Crippen LogP contribution in [0.2, 0.25) is 0 Å². The van der Waals surface area contributed by atoms with Gasteiger partial charge in [-0.25, -0.2) is 13.6 Å². The van der Waals surface area contributed by atoms with Crippen LogP contribution < -0.4 is 14.8 Å². The molecular weight excluding hydrogens is 598 g/mol. The molecule has 3 aromatic rings. The maximum Gasteiger partial charge on any atom is 0.556 e. The van der Waals surface area contributed by atoms with Crippen LogP contribution in [0.5, 0.6) is 17.2 Å². The third-order valence-electron chi connectivity index (χ3n) is 7.18. The van der Waals surface area contributed by atoms with E-state index >= 15 is 8.78 Å². The number of quaternary nitrogens is 1. The highest BCUT2D eigenvalue weighted by molar-refractivity contribution is 6.11. The predicted octanol–water partition coefficient (Wildman–Crippen LogP) is 4.44. The summed E-state index contributed by atoms with van der Waals surface area (Å²) in [6.07, 6.45) is -0.389. The molecular formula is C31H31F2N2O10+. The van der Waals surface area contributed by atoms with Gasteiger partial charge in [-0.1, -0.05) is 0 Å². The van der Waals surface area contributed by atoms with Crippen molar-refractivity contribution in [2.45, 2.75) is 25.3 Å². The van der Waals surface area contributed by atoms with Gasteiger partial charge in [0.1, 0.15) is 35.4 Å². The first-order chi connectivity index (χ1) is 21.5. The molecule has 45 heavy (non-hydrogen) atoms. The van der Waals surface area contributed by atoms with Crippen molar-refractivity contribution in [3.8, 4) is 17.2 Å². The molecule has 4 rings (SSSR count). The lowest BCUT2D eigenvalue weighted by atomic mass is 9.99. The Morgan fingerprint density at radius 2 is 1.64 bits per heavy atom. The lowest BCUT2D eigenvalue weighted by molar-refractivity contribution is -1.03. The molecule has 0 spiro atoms. The van der Waals surface area contributed by atoms with E-state index in [2.05, 4.69) is 5.32 Å². The Morgan fingerprint density at radius 1 is 0.956 bits per heavy atom. The van der Waals surface area contributed by atoms with Crippen LogP contribution in [0.15, 0.2) is 54.6 Å². The minimum atomic E-state index is -1.55. The number of carbonyl (C=O) groups excluding carboxylic acids is 3. The number of phenolic OH excluding ortho intramolecular Hbond substituents is 1. The Kier molecular flexibility index (Phi) is 10.3. The number of carboxylic acid groups (broad SMARTS) is 1. The second-order valence-corrected chi connectivity index (χ2v) is 10.2. The van der Waals surface area contributed by atoms with Gasteiger partial charge in [0.2, 0.25) is 5.78 Å².